The number of rotatable bonds is 3. The molecule has 94 valence electrons. The molecule has 0 radical (unpaired) electrons. The molecule has 1 aromatic heterocycles. The first-order valence-electron chi connectivity index (χ1n) is 6.54. The van der Waals surface area contributed by atoms with E-state index in [1.165, 1.54) is 12.8 Å². The zero-order chi connectivity index (χ0) is 11.8. The van der Waals surface area contributed by atoms with Crippen LogP contribution in [0.2, 0.25) is 0 Å². The summed E-state index contributed by atoms with van der Waals surface area (Å²) < 4.78 is 1.89. The zero-order valence-corrected chi connectivity index (χ0v) is 10.6. The van der Waals surface area contributed by atoms with E-state index in [0.29, 0.717) is 12.1 Å². The maximum absolute atomic E-state index is 4.34. The van der Waals surface area contributed by atoms with Crippen molar-refractivity contribution < 1.29 is 0 Å². The number of hydrogen-bond donors (Lipinski definition) is 1. The smallest absolute Gasteiger partial charge is 0.140 e. The van der Waals surface area contributed by atoms with Gasteiger partial charge in [0.2, 0.25) is 0 Å². The van der Waals surface area contributed by atoms with E-state index in [1.54, 1.807) is 6.33 Å². The van der Waals surface area contributed by atoms with Crippen LogP contribution in [0.25, 0.3) is 0 Å². The largest absolute Gasteiger partial charge is 0.311 e. The molecule has 1 N–H and O–H groups in total. The van der Waals surface area contributed by atoms with Crippen molar-refractivity contribution in [1.82, 2.24) is 25.0 Å². The highest BCUT2D eigenvalue weighted by atomic mass is 15.3. The third-order valence-corrected chi connectivity index (χ3v) is 3.97. The lowest BCUT2D eigenvalue weighted by atomic mass is 10.1. The third kappa shape index (κ3) is 2.35. The molecule has 1 aliphatic heterocycles. The van der Waals surface area contributed by atoms with Crippen LogP contribution in [0.5, 0.6) is 0 Å². The molecule has 3 rings (SSSR count). The number of aromatic nitrogens is 3. The summed E-state index contributed by atoms with van der Waals surface area (Å²) >= 11 is 0. The number of piperazine rings is 1. The Morgan fingerprint density at radius 1 is 1.47 bits per heavy atom. The van der Waals surface area contributed by atoms with Gasteiger partial charge in [-0.25, -0.2) is 4.98 Å². The first-order chi connectivity index (χ1) is 8.24. The molecule has 1 saturated carbocycles. The Labute approximate surface area is 102 Å². The first-order valence-corrected chi connectivity index (χ1v) is 6.54. The lowest BCUT2D eigenvalue weighted by Gasteiger charge is -2.39. The highest BCUT2D eigenvalue weighted by Crippen LogP contribution is 2.36. The molecule has 0 aromatic carbocycles. The summed E-state index contributed by atoms with van der Waals surface area (Å²) in [6.45, 7) is 5.44. The van der Waals surface area contributed by atoms with Gasteiger partial charge in [0.05, 0.1) is 6.54 Å². The second kappa shape index (κ2) is 4.38. The summed E-state index contributed by atoms with van der Waals surface area (Å²) in [6.07, 6.45) is 4.44. The van der Waals surface area contributed by atoms with E-state index in [2.05, 4.69) is 27.2 Å². The highest BCUT2D eigenvalue weighted by molar-refractivity contribution is 4.96. The lowest BCUT2D eigenvalue weighted by molar-refractivity contribution is 0.108. The average Bonchev–Trinajstić information content (AvgIpc) is 3.05. The molecule has 5 heteroatoms. The van der Waals surface area contributed by atoms with E-state index in [0.717, 1.165) is 31.4 Å². The monoisotopic (exact) mass is 235 g/mol. The summed E-state index contributed by atoms with van der Waals surface area (Å²) in [5.74, 6) is 1.98. The van der Waals surface area contributed by atoms with Gasteiger partial charge in [-0.3, -0.25) is 9.58 Å². The molecule has 1 aliphatic carbocycles. The molecule has 2 fully saturated rings. The fourth-order valence-corrected chi connectivity index (χ4v) is 2.78. The summed E-state index contributed by atoms with van der Waals surface area (Å²) in [5, 5.41) is 7.74. The quantitative estimate of drug-likeness (QED) is 0.823. The van der Waals surface area contributed by atoms with Gasteiger partial charge in [-0.1, -0.05) is 0 Å². The van der Waals surface area contributed by atoms with Gasteiger partial charge >= 0.3 is 0 Å². The van der Waals surface area contributed by atoms with Gasteiger partial charge in [0.25, 0.3) is 0 Å². The van der Waals surface area contributed by atoms with Crippen LogP contribution in [0, 0.1) is 5.92 Å². The second-order valence-corrected chi connectivity index (χ2v) is 5.44. The number of nitrogens with zero attached hydrogens (tertiary/aromatic N) is 4. The summed E-state index contributed by atoms with van der Waals surface area (Å²) in [6, 6.07) is 1.28. The Kier molecular flexibility index (Phi) is 2.88. The maximum atomic E-state index is 4.34. The van der Waals surface area contributed by atoms with Crippen LogP contribution in [0.1, 0.15) is 25.6 Å². The van der Waals surface area contributed by atoms with Gasteiger partial charge < -0.3 is 5.32 Å². The van der Waals surface area contributed by atoms with Crippen LogP contribution in [0.4, 0.5) is 0 Å². The van der Waals surface area contributed by atoms with E-state index in [1.807, 2.05) is 11.7 Å². The van der Waals surface area contributed by atoms with Gasteiger partial charge in [0, 0.05) is 32.2 Å². The minimum Gasteiger partial charge on any atom is -0.311 e. The van der Waals surface area contributed by atoms with Crippen molar-refractivity contribution in [2.75, 3.05) is 13.1 Å². The standard InChI is InChI=1S/C12H21N5/c1-9-6-17(7-12-14-8-15-16(12)2)11(5-13-9)10-3-4-10/h8-11,13H,3-7H2,1-2H3. The molecule has 17 heavy (non-hydrogen) atoms. The normalized spacial score (nSPS) is 30.7. The maximum Gasteiger partial charge on any atom is 0.140 e. The van der Waals surface area contributed by atoms with Crippen LogP contribution in [-0.2, 0) is 13.6 Å². The molecule has 2 atom stereocenters. The van der Waals surface area contributed by atoms with Crippen LogP contribution in [0.15, 0.2) is 6.33 Å². The topological polar surface area (TPSA) is 46.0 Å². The average molecular weight is 235 g/mol. The van der Waals surface area contributed by atoms with Crippen molar-refractivity contribution in [1.29, 1.82) is 0 Å². The van der Waals surface area contributed by atoms with E-state index in [9.17, 15) is 0 Å². The van der Waals surface area contributed by atoms with Crippen LogP contribution < -0.4 is 5.32 Å². The van der Waals surface area contributed by atoms with Crippen molar-refractivity contribution in [3.63, 3.8) is 0 Å². The fraction of sp³-hybridized carbons (Fsp3) is 0.833. The lowest BCUT2D eigenvalue weighted by Crippen LogP contribution is -2.56. The Morgan fingerprint density at radius 3 is 2.94 bits per heavy atom. The molecular formula is C12H21N5. The Morgan fingerprint density at radius 2 is 2.29 bits per heavy atom. The zero-order valence-electron chi connectivity index (χ0n) is 10.6. The molecule has 0 spiro atoms. The predicted octanol–water partition coefficient (Wildman–Crippen LogP) is 0.387. The molecule has 0 amide bonds. The molecule has 2 aliphatic rings. The second-order valence-electron chi connectivity index (χ2n) is 5.44. The van der Waals surface area contributed by atoms with Gasteiger partial charge in [-0.2, -0.15) is 5.10 Å². The summed E-state index contributed by atoms with van der Waals surface area (Å²) in [4.78, 5) is 6.93. The Bertz CT molecular complexity index is 384. The van der Waals surface area contributed by atoms with E-state index in [4.69, 9.17) is 0 Å². The predicted molar refractivity (Wildman–Crippen MR) is 65.4 cm³/mol. The van der Waals surface area contributed by atoms with Gasteiger partial charge in [0.1, 0.15) is 12.2 Å². The highest BCUT2D eigenvalue weighted by Gasteiger charge is 2.38. The van der Waals surface area contributed by atoms with Crippen LogP contribution >= 0.6 is 0 Å². The van der Waals surface area contributed by atoms with E-state index >= 15 is 0 Å². The summed E-state index contributed by atoms with van der Waals surface area (Å²) in [5.41, 5.74) is 0. The fourth-order valence-electron chi connectivity index (χ4n) is 2.78. The van der Waals surface area contributed by atoms with Crippen molar-refractivity contribution >= 4 is 0 Å². The van der Waals surface area contributed by atoms with Crippen molar-refractivity contribution in [2.45, 2.75) is 38.4 Å². The van der Waals surface area contributed by atoms with Crippen molar-refractivity contribution in [2.24, 2.45) is 13.0 Å². The minimum absolute atomic E-state index is 0.582. The molecule has 2 unspecified atom stereocenters. The van der Waals surface area contributed by atoms with Gasteiger partial charge in [-0.15, -0.1) is 0 Å². The SMILES string of the molecule is CC1CN(Cc2ncnn2C)C(C2CC2)CN1. The molecule has 5 nitrogen and oxygen atoms in total. The van der Waals surface area contributed by atoms with E-state index in [-0.39, 0.29) is 0 Å². The molecule has 1 saturated heterocycles. The number of aryl methyl sites for hydroxylation is 1. The molecule has 1 aromatic rings. The molecular weight excluding hydrogens is 214 g/mol. The molecule has 2 heterocycles. The number of hydrogen-bond acceptors (Lipinski definition) is 4. The summed E-state index contributed by atoms with van der Waals surface area (Å²) in [7, 11) is 1.97. The van der Waals surface area contributed by atoms with Crippen molar-refractivity contribution in [3.8, 4) is 0 Å². The number of nitrogens with one attached hydrogen (secondary N) is 1. The van der Waals surface area contributed by atoms with Crippen molar-refractivity contribution in [3.05, 3.63) is 12.2 Å². The van der Waals surface area contributed by atoms with E-state index < -0.39 is 0 Å². The minimum atomic E-state index is 0.582. The Balaban J connectivity index is 1.71. The molecule has 0 bridgehead atoms. The van der Waals surface area contributed by atoms with Crippen LogP contribution in [0.3, 0.4) is 0 Å². The third-order valence-electron chi connectivity index (χ3n) is 3.97. The first kappa shape index (κ1) is 11.2. The van der Waals surface area contributed by atoms with Gasteiger partial charge in [0.15, 0.2) is 0 Å². The van der Waals surface area contributed by atoms with Crippen LogP contribution in [-0.4, -0.2) is 44.8 Å². The van der Waals surface area contributed by atoms with Gasteiger partial charge in [-0.05, 0) is 25.7 Å². The Hall–Kier alpha value is -0.940.